The predicted octanol–water partition coefficient (Wildman–Crippen LogP) is 6.33. The smallest absolute Gasteiger partial charge is 0.110 e. The molecule has 2 N–H and O–H groups in total. The first-order chi connectivity index (χ1) is 27.1. The maximum Gasteiger partial charge on any atom is 0.110 e. The number of thiophene rings is 1. The van der Waals surface area contributed by atoms with Crippen molar-refractivity contribution in [3.63, 3.8) is 0 Å². The van der Waals surface area contributed by atoms with Crippen LogP contribution >= 0.6 is 22.9 Å². The van der Waals surface area contributed by atoms with Crippen LogP contribution in [0.1, 0.15) is 63.8 Å². The number of nitrogens with one attached hydrogen (secondary N) is 2. The number of aromatic nitrogens is 4. The topological polar surface area (TPSA) is 140 Å². The third-order valence-electron chi connectivity index (χ3n) is 12.3. The summed E-state index contributed by atoms with van der Waals surface area (Å²) in [5, 5.41) is 40.3. The maximum atomic E-state index is 10.3. The number of fused-ring (bicyclic) bond motifs is 3. The van der Waals surface area contributed by atoms with Gasteiger partial charge in [-0.1, -0.05) is 47.1 Å². The van der Waals surface area contributed by atoms with E-state index in [1.807, 2.05) is 53.8 Å². The number of piperidine rings is 1. The van der Waals surface area contributed by atoms with Crippen LogP contribution in [0.3, 0.4) is 0 Å². The summed E-state index contributed by atoms with van der Waals surface area (Å²) >= 11 is 8.86. The van der Waals surface area contributed by atoms with Gasteiger partial charge in [-0.3, -0.25) is 14.8 Å². The van der Waals surface area contributed by atoms with E-state index in [9.17, 15) is 10.5 Å². The van der Waals surface area contributed by atoms with E-state index in [-0.39, 0.29) is 12.1 Å². The molecule has 0 amide bonds. The Balaban J connectivity index is 0.998. The van der Waals surface area contributed by atoms with Crippen molar-refractivity contribution in [2.24, 2.45) is 11.8 Å². The summed E-state index contributed by atoms with van der Waals surface area (Å²) in [5.41, 5.74) is 6.92. The lowest BCUT2D eigenvalue weighted by molar-refractivity contribution is -0.0691. The summed E-state index contributed by atoms with van der Waals surface area (Å²) in [6.07, 6.45) is 5.60. The Morgan fingerprint density at radius 1 is 1.00 bits per heavy atom. The van der Waals surface area contributed by atoms with E-state index in [0.29, 0.717) is 64.6 Å². The van der Waals surface area contributed by atoms with Gasteiger partial charge in [-0.05, 0) is 47.0 Å². The molecule has 4 atom stereocenters. The molecule has 5 aliphatic rings. The van der Waals surface area contributed by atoms with E-state index in [1.165, 1.54) is 16.0 Å². The molecule has 4 aliphatic heterocycles. The molecule has 3 unspecified atom stereocenters. The van der Waals surface area contributed by atoms with E-state index in [1.54, 1.807) is 6.20 Å². The van der Waals surface area contributed by atoms with Crippen molar-refractivity contribution < 1.29 is 9.47 Å². The number of likely N-dealkylation sites (tertiary alicyclic amines) is 1. The van der Waals surface area contributed by atoms with Crippen LogP contribution in [0.4, 0.5) is 11.4 Å². The lowest BCUT2D eigenvalue weighted by Crippen LogP contribution is -2.50. The molecular weight excluding hydrogens is 732 g/mol. The number of hydrogen-bond donors (Lipinski definition) is 2. The fourth-order valence-electron chi connectivity index (χ4n) is 9.03. The van der Waals surface area contributed by atoms with E-state index < -0.39 is 0 Å². The standard InChI is InChI=1S/C41H41ClN10O2S/c42-34-12-26(11-30-38(25(13-44)14-45-39(30)34)47-35(7-4-9-43)24-5-2-1-3-6-24)46-40(33-23-55-37-18-50(10-8-29(33)37)27-19-53-20-27)36-17-52(49-48-36)41-31-15-51(16-32(31)41)28-21-54-22-28/h1-3,5-6,11-12,14,17,23,27-28,31-32,35,40-41,46H,4,7-8,10,15-16,18-22H2,(H,45,47)/t31?,32?,35?,40-,41?/m0/s1. The Hall–Kier alpha value is -4.60. The Labute approximate surface area is 328 Å². The number of nitriles is 2. The fraction of sp³-hybridized carbons (Fsp3) is 0.439. The second kappa shape index (κ2) is 14.5. The molecule has 1 saturated carbocycles. The maximum absolute atomic E-state index is 10.3. The first kappa shape index (κ1) is 34.9. The normalized spacial score (nSPS) is 23.5. The molecule has 2 aromatic carbocycles. The van der Waals surface area contributed by atoms with Gasteiger partial charge in [0.25, 0.3) is 0 Å². The van der Waals surface area contributed by atoms with Gasteiger partial charge >= 0.3 is 0 Å². The fourth-order valence-corrected chi connectivity index (χ4v) is 10.5. The summed E-state index contributed by atoms with van der Waals surface area (Å²) in [5.74, 6) is 1.19. The molecule has 0 spiro atoms. The molecule has 7 heterocycles. The molecule has 0 radical (unpaired) electrons. The van der Waals surface area contributed by atoms with Gasteiger partial charge in [0, 0.05) is 66.6 Å². The molecule has 3 aromatic heterocycles. The van der Waals surface area contributed by atoms with E-state index in [0.717, 1.165) is 81.4 Å². The number of nitrogens with zero attached hydrogens (tertiary/aromatic N) is 8. The van der Waals surface area contributed by atoms with Crippen molar-refractivity contribution in [3.05, 3.63) is 98.1 Å². The number of anilines is 2. The van der Waals surface area contributed by atoms with Crippen molar-refractivity contribution in [1.29, 1.82) is 10.5 Å². The molecular formula is C41H41ClN10O2S. The number of rotatable bonds is 12. The first-order valence-corrected chi connectivity index (χ1v) is 20.4. The zero-order chi connectivity index (χ0) is 37.0. The monoisotopic (exact) mass is 772 g/mol. The van der Waals surface area contributed by atoms with Crippen LogP contribution in [-0.4, -0.2) is 87.9 Å². The lowest BCUT2D eigenvalue weighted by atomic mass is 9.95. The summed E-state index contributed by atoms with van der Waals surface area (Å²) in [6, 6.07) is 19.5. The van der Waals surface area contributed by atoms with Crippen LogP contribution in [0.25, 0.3) is 10.9 Å². The largest absolute Gasteiger partial charge is 0.378 e. The van der Waals surface area contributed by atoms with E-state index in [2.05, 4.69) is 53.8 Å². The molecule has 3 saturated heterocycles. The number of pyridine rings is 1. The van der Waals surface area contributed by atoms with E-state index in [4.69, 9.17) is 31.4 Å². The quantitative estimate of drug-likeness (QED) is 0.147. The minimum atomic E-state index is -0.278. The average Bonchev–Trinajstić information content (AvgIpc) is 3.58. The van der Waals surface area contributed by atoms with Crippen molar-refractivity contribution in [2.75, 3.05) is 56.7 Å². The number of benzene rings is 2. The summed E-state index contributed by atoms with van der Waals surface area (Å²) in [4.78, 5) is 11.2. The third kappa shape index (κ3) is 6.43. The summed E-state index contributed by atoms with van der Waals surface area (Å²) in [6.45, 7) is 7.41. The zero-order valence-electron chi connectivity index (χ0n) is 30.3. The molecule has 0 bridgehead atoms. The van der Waals surface area contributed by atoms with Crippen LogP contribution in [0.5, 0.6) is 0 Å². The molecule has 1 aliphatic carbocycles. The van der Waals surface area contributed by atoms with Gasteiger partial charge in [0.2, 0.25) is 0 Å². The van der Waals surface area contributed by atoms with Crippen molar-refractivity contribution in [1.82, 2.24) is 29.8 Å². The van der Waals surface area contributed by atoms with Crippen molar-refractivity contribution in [2.45, 2.75) is 56.0 Å². The molecule has 4 fully saturated rings. The van der Waals surface area contributed by atoms with Gasteiger partial charge in [-0.25, -0.2) is 4.68 Å². The minimum Gasteiger partial charge on any atom is -0.378 e. The van der Waals surface area contributed by atoms with Gasteiger partial charge in [0.1, 0.15) is 11.8 Å². The predicted molar refractivity (Wildman–Crippen MR) is 210 cm³/mol. The Bertz CT molecular complexity index is 2300. The molecule has 10 rings (SSSR count). The Kier molecular flexibility index (Phi) is 9.18. The first-order valence-electron chi connectivity index (χ1n) is 19.2. The van der Waals surface area contributed by atoms with Gasteiger partial charge in [0.15, 0.2) is 0 Å². The highest BCUT2D eigenvalue weighted by Gasteiger charge is 2.59. The second-order valence-corrected chi connectivity index (χ2v) is 16.9. The van der Waals surface area contributed by atoms with Crippen LogP contribution in [0.15, 0.2) is 60.2 Å². The van der Waals surface area contributed by atoms with Crippen molar-refractivity contribution >= 4 is 45.2 Å². The SMILES string of the molecule is N#CCCC(Nc1c(C#N)cnc2c(Cl)cc(N[C@H](c3cn(C4C5CN(C6COC6)CC54)nn3)c3csc4c3CCN(C3COC3)C4)cc12)c1ccccc1. The van der Waals surface area contributed by atoms with Crippen LogP contribution in [-0.2, 0) is 22.4 Å². The minimum absolute atomic E-state index is 0.198. The molecule has 280 valence electrons. The molecule has 12 nitrogen and oxygen atoms in total. The molecule has 14 heteroatoms. The van der Waals surface area contributed by atoms with Gasteiger partial charge in [-0.15, -0.1) is 16.4 Å². The highest BCUT2D eigenvalue weighted by molar-refractivity contribution is 7.10. The zero-order valence-corrected chi connectivity index (χ0v) is 31.8. The molecule has 5 aromatic rings. The number of ether oxygens (including phenoxy) is 2. The third-order valence-corrected chi connectivity index (χ3v) is 13.6. The van der Waals surface area contributed by atoms with Gasteiger partial charge in [-0.2, -0.15) is 10.5 Å². The van der Waals surface area contributed by atoms with Gasteiger partial charge in [0.05, 0.1) is 90.7 Å². The second-order valence-electron chi connectivity index (χ2n) is 15.5. The number of halogens is 1. The van der Waals surface area contributed by atoms with Gasteiger partial charge < -0.3 is 20.1 Å². The Morgan fingerprint density at radius 2 is 1.78 bits per heavy atom. The Morgan fingerprint density at radius 3 is 2.51 bits per heavy atom. The highest BCUT2D eigenvalue weighted by Crippen LogP contribution is 2.55. The molecule has 55 heavy (non-hydrogen) atoms. The highest BCUT2D eigenvalue weighted by atomic mass is 35.5. The van der Waals surface area contributed by atoms with Crippen LogP contribution in [0.2, 0.25) is 5.02 Å². The van der Waals surface area contributed by atoms with Crippen LogP contribution in [0, 0.1) is 34.5 Å². The summed E-state index contributed by atoms with van der Waals surface area (Å²) in [7, 11) is 0. The lowest BCUT2D eigenvalue weighted by Gasteiger charge is -2.39. The van der Waals surface area contributed by atoms with Crippen LogP contribution < -0.4 is 10.6 Å². The number of hydrogen-bond acceptors (Lipinski definition) is 12. The van der Waals surface area contributed by atoms with Crippen molar-refractivity contribution in [3.8, 4) is 12.1 Å². The average molecular weight is 773 g/mol. The van der Waals surface area contributed by atoms with E-state index >= 15 is 0 Å². The summed E-state index contributed by atoms with van der Waals surface area (Å²) < 4.78 is 13.1.